The molecule has 0 aliphatic carbocycles. The lowest BCUT2D eigenvalue weighted by molar-refractivity contribution is 0.0838. The predicted molar refractivity (Wildman–Crippen MR) is 102 cm³/mol. The van der Waals surface area contributed by atoms with Gasteiger partial charge in [0, 0.05) is 5.56 Å². The third kappa shape index (κ3) is 3.03. The van der Waals surface area contributed by atoms with Gasteiger partial charge in [0.05, 0.1) is 19.8 Å². The molecule has 0 aromatic heterocycles. The fourth-order valence-electron chi connectivity index (χ4n) is 3.49. The van der Waals surface area contributed by atoms with E-state index >= 15 is 0 Å². The van der Waals surface area contributed by atoms with Crippen LogP contribution in [0.1, 0.15) is 41.8 Å². The van der Waals surface area contributed by atoms with Crippen LogP contribution in [-0.4, -0.2) is 25.6 Å². The molecule has 4 rings (SSSR count). The molecule has 0 unspecified atom stereocenters. The first-order chi connectivity index (χ1) is 12.9. The fraction of sp³-hybridized carbons (Fsp3) is 0.318. The number of rotatable bonds is 3. The van der Waals surface area contributed by atoms with Crippen molar-refractivity contribution in [3.8, 4) is 23.0 Å². The fourth-order valence-corrected chi connectivity index (χ4v) is 3.49. The van der Waals surface area contributed by atoms with Crippen LogP contribution in [0.5, 0.6) is 23.0 Å². The van der Waals surface area contributed by atoms with E-state index in [9.17, 15) is 4.79 Å². The van der Waals surface area contributed by atoms with Crippen molar-refractivity contribution in [3.05, 3.63) is 52.8 Å². The number of hydrogen-bond acceptors (Lipinski definition) is 5. The summed E-state index contributed by atoms with van der Waals surface area (Å²) in [4.78, 5) is 12.8. The average Bonchev–Trinajstić information content (AvgIpc) is 2.96. The lowest BCUT2D eigenvalue weighted by Crippen LogP contribution is -2.32. The molecule has 2 aromatic carbocycles. The summed E-state index contributed by atoms with van der Waals surface area (Å²) in [6.07, 6.45) is 3.43. The largest absolute Gasteiger partial charge is 0.493 e. The predicted octanol–water partition coefficient (Wildman–Crippen LogP) is 4.42. The van der Waals surface area contributed by atoms with Crippen LogP contribution in [0.25, 0.3) is 6.08 Å². The molecule has 0 bridgehead atoms. The summed E-state index contributed by atoms with van der Waals surface area (Å²) in [5.74, 6) is 2.84. The monoisotopic (exact) mass is 366 g/mol. The standard InChI is InChI=1S/C22H22O5/c1-22(2)10-9-14-16(27-22)8-6-15-20(23)19(26-21(14)15)12-13-5-7-17(24-3)18(11-13)25-4/h5-8,11-12H,9-10H2,1-4H3/b19-12-. The lowest BCUT2D eigenvalue weighted by atomic mass is 9.92. The van der Waals surface area contributed by atoms with Crippen molar-refractivity contribution in [2.45, 2.75) is 32.3 Å². The summed E-state index contributed by atoms with van der Waals surface area (Å²) < 4.78 is 22.6. The van der Waals surface area contributed by atoms with Crippen LogP contribution in [-0.2, 0) is 6.42 Å². The smallest absolute Gasteiger partial charge is 0.231 e. The number of ketones is 1. The average molecular weight is 366 g/mol. The van der Waals surface area contributed by atoms with Gasteiger partial charge in [-0.1, -0.05) is 6.07 Å². The molecule has 0 saturated heterocycles. The summed E-state index contributed by atoms with van der Waals surface area (Å²) >= 11 is 0. The maximum atomic E-state index is 12.8. The molecule has 5 nitrogen and oxygen atoms in total. The number of carbonyl (C=O) groups is 1. The van der Waals surface area contributed by atoms with Crippen molar-refractivity contribution in [1.29, 1.82) is 0 Å². The van der Waals surface area contributed by atoms with E-state index in [0.717, 1.165) is 29.7 Å². The van der Waals surface area contributed by atoms with Crippen LogP contribution < -0.4 is 18.9 Å². The molecule has 2 aliphatic heterocycles. The van der Waals surface area contributed by atoms with Crippen molar-refractivity contribution in [2.24, 2.45) is 0 Å². The summed E-state index contributed by atoms with van der Waals surface area (Å²) in [7, 11) is 3.17. The van der Waals surface area contributed by atoms with Crippen LogP contribution in [0.2, 0.25) is 0 Å². The molecule has 27 heavy (non-hydrogen) atoms. The van der Waals surface area contributed by atoms with Crippen LogP contribution in [0.4, 0.5) is 0 Å². The second-order valence-electron chi connectivity index (χ2n) is 7.33. The van der Waals surface area contributed by atoms with E-state index in [1.807, 2.05) is 18.2 Å². The Kier molecular flexibility index (Phi) is 4.10. The zero-order chi connectivity index (χ0) is 19.2. The topological polar surface area (TPSA) is 54.0 Å². The number of benzene rings is 2. The number of hydrogen-bond donors (Lipinski definition) is 0. The Balaban J connectivity index is 1.69. The second-order valence-corrected chi connectivity index (χ2v) is 7.33. The van der Waals surface area contributed by atoms with Crippen LogP contribution in [0.3, 0.4) is 0 Å². The van der Waals surface area contributed by atoms with E-state index in [2.05, 4.69) is 13.8 Å². The SMILES string of the molecule is COc1ccc(/C=C2\Oc3c(ccc4c3CCC(C)(C)O4)C2=O)cc1OC. The minimum atomic E-state index is -0.206. The van der Waals surface area contributed by atoms with E-state index < -0.39 is 0 Å². The Morgan fingerprint density at radius 3 is 2.59 bits per heavy atom. The van der Waals surface area contributed by atoms with E-state index in [0.29, 0.717) is 28.6 Å². The van der Waals surface area contributed by atoms with Gasteiger partial charge in [0.2, 0.25) is 5.78 Å². The molecule has 0 radical (unpaired) electrons. The first-order valence-electron chi connectivity index (χ1n) is 8.93. The normalized spacial score (nSPS) is 18.4. The lowest BCUT2D eigenvalue weighted by Gasteiger charge is -2.33. The molecule has 0 fully saturated rings. The number of methoxy groups -OCH3 is 2. The number of ether oxygens (including phenoxy) is 4. The molecule has 0 amide bonds. The highest BCUT2D eigenvalue weighted by molar-refractivity contribution is 6.15. The minimum Gasteiger partial charge on any atom is -0.493 e. The highest BCUT2D eigenvalue weighted by Crippen LogP contribution is 2.44. The molecular weight excluding hydrogens is 344 g/mol. The number of fused-ring (bicyclic) bond motifs is 3. The van der Waals surface area contributed by atoms with Crippen molar-refractivity contribution >= 4 is 11.9 Å². The number of carbonyl (C=O) groups excluding carboxylic acids is 1. The molecule has 2 heterocycles. The molecule has 140 valence electrons. The molecule has 2 aliphatic rings. The van der Waals surface area contributed by atoms with Crippen molar-refractivity contribution < 1.29 is 23.7 Å². The van der Waals surface area contributed by atoms with Crippen LogP contribution >= 0.6 is 0 Å². The molecule has 5 heteroatoms. The van der Waals surface area contributed by atoms with Gasteiger partial charge in [-0.2, -0.15) is 0 Å². The quantitative estimate of drug-likeness (QED) is 0.753. The molecule has 0 N–H and O–H groups in total. The van der Waals surface area contributed by atoms with Gasteiger partial charge < -0.3 is 18.9 Å². The van der Waals surface area contributed by atoms with Crippen molar-refractivity contribution in [3.63, 3.8) is 0 Å². The number of allylic oxidation sites excluding steroid dienone is 1. The summed E-state index contributed by atoms with van der Waals surface area (Å²) in [6, 6.07) is 9.13. The van der Waals surface area contributed by atoms with E-state index in [-0.39, 0.29) is 11.4 Å². The third-order valence-corrected chi connectivity index (χ3v) is 4.97. The molecule has 0 spiro atoms. The Morgan fingerprint density at radius 2 is 1.85 bits per heavy atom. The highest BCUT2D eigenvalue weighted by atomic mass is 16.5. The Morgan fingerprint density at radius 1 is 1.07 bits per heavy atom. The van der Waals surface area contributed by atoms with Gasteiger partial charge in [-0.15, -0.1) is 0 Å². The third-order valence-electron chi connectivity index (χ3n) is 4.97. The summed E-state index contributed by atoms with van der Waals surface area (Å²) in [5, 5.41) is 0. The van der Waals surface area contributed by atoms with Gasteiger partial charge in [0.1, 0.15) is 17.1 Å². The maximum Gasteiger partial charge on any atom is 0.231 e. The van der Waals surface area contributed by atoms with Gasteiger partial charge in [-0.05, 0) is 62.6 Å². The zero-order valence-corrected chi connectivity index (χ0v) is 15.9. The first kappa shape index (κ1) is 17.5. The van der Waals surface area contributed by atoms with Gasteiger partial charge in [-0.25, -0.2) is 0 Å². The molecular formula is C22H22O5. The van der Waals surface area contributed by atoms with E-state index in [1.165, 1.54) is 0 Å². The Hall–Kier alpha value is -2.95. The van der Waals surface area contributed by atoms with E-state index in [4.69, 9.17) is 18.9 Å². The van der Waals surface area contributed by atoms with Gasteiger partial charge in [-0.3, -0.25) is 4.79 Å². The number of Topliss-reactive ketones (excluding diaryl/α,β-unsaturated/α-hetero) is 1. The van der Waals surface area contributed by atoms with Gasteiger partial charge >= 0.3 is 0 Å². The summed E-state index contributed by atoms with van der Waals surface area (Å²) in [5.41, 5.74) is 2.15. The first-order valence-corrected chi connectivity index (χ1v) is 8.93. The van der Waals surface area contributed by atoms with Gasteiger partial charge in [0.15, 0.2) is 17.3 Å². The summed E-state index contributed by atoms with van der Waals surface area (Å²) in [6.45, 7) is 4.13. The van der Waals surface area contributed by atoms with Crippen LogP contribution in [0.15, 0.2) is 36.1 Å². The molecule has 0 atom stereocenters. The zero-order valence-electron chi connectivity index (χ0n) is 15.9. The minimum absolute atomic E-state index is 0.118. The van der Waals surface area contributed by atoms with Crippen LogP contribution in [0, 0.1) is 0 Å². The Bertz CT molecular complexity index is 955. The van der Waals surface area contributed by atoms with Crippen molar-refractivity contribution in [1.82, 2.24) is 0 Å². The maximum absolute atomic E-state index is 12.8. The Labute approximate surface area is 158 Å². The second kappa shape index (κ2) is 6.34. The van der Waals surface area contributed by atoms with Crippen molar-refractivity contribution in [2.75, 3.05) is 14.2 Å². The van der Waals surface area contributed by atoms with E-state index in [1.54, 1.807) is 32.4 Å². The highest BCUT2D eigenvalue weighted by Gasteiger charge is 2.35. The molecule has 2 aromatic rings. The molecule has 0 saturated carbocycles. The van der Waals surface area contributed by atoms with Gasteiger partial charge in [0.25, 0.3) is 0 Å².